The van der Waals surface area contributed by atoms with Crippen LogP contribution in [0.2, 0.25) is 0 Å². The smallest absolute Gasteiger partial charge is 0.422 e. The van der Waals surface area contributed by atoms with Gasteiger partial charge in [0.05, 0.1) is 11.9 Å². The highest BCUT2D eigenvalue weighted by atomic mass is 19.4. The van der Waals surface area contributed by atoms with Crippen molar-refractivity contribution in [3.8, 4) is 5.88 Å². The summed E-state index contributed by atoms with van der Waals surface area (Å²) in [5.41, 5.74) is 0.313. The summed E-state index contributed by atoms with van der Waals surface area (Å²) in [7, 11) is 0. The van der Waals surface area contributed by atoms with Gasteiger partial charge in [-0.15, -0.1) is 0 Å². The van der Waals surface area contributed by atoms with Crippen molar-refractivity contribution in [2.45, 2.75) is 13.1 Å². The molecule has 0 atom stereocenters. The summed E-state index contributed by atoms with van der Waals surface area (Å²) >= 11 is 0. The van der Waals surface area contributed by atoms with E-state index in [1.165, 1.54) is 24.4 Å². The topological polar surface area (TPSA) is 64.4 Å². The van der Waals surface area contributed by atoms with Gasteiger partial charge in [-0.25, -0.2) is 4.98 Å². The van der Waals surface area contributed by atoms with Crippen LogP contribution in [-0.2, 0) is 0 Å². The number of alkyl halides is 3. The maximum absolute atomic E-state index is 12.0. The zero-order valence-electron chi connectivity index (χ0n) is 10.9. The number of nitrogens with zero attached hydrogens (tertiary/aromatic N) is 1. The Labute approximate surface area is 117 Å². The molecular weight excluding hydrogens is 289 g/mol. The number of anilines is 1. The van der Waals surface area contributed by atoms with E-state index in [1.54, 1.807) is 13.0 Å². The third-order valence-electron chi connectivity index (χ3n) is 2.34. The Morgan fingerprint density at radius 2 is 2.10 bits per heavy atom. The second-order valence-corrected chi connectivity index (χ2v) is 4.15. The number of ether oxygens (including phenoxy) is 1. The van der Waals surface area contributed by atoms with Crippen LogP contribution in [0.1, 0.15) is 16.3 Å². The number of amides is 1. The monoisotopic (exact) mass is 300 g/mol. The zero-order valence-corrected chi connectivity index (χ0v) is 10.9. The highest BCUT2D eigenvalue weighted by Gasteiger charge is 2.28. The average Bonchev–Trinajstić information content (AvgIpc) is 2.84. The molecule has 2 aromatic rings. The van der Waals surface area contributed by atoms with Crippen molar-refractivity contribution in [2.24, 2.45) is 0 Å². The molecule has 2 rings (SSSR count). The number of hydrogen-bond donors (Lipinski definition) is 1. The summed E-state index contributed by atoms with van der Waals surface area (Å²) in [6.45, 7) is 0.280. The number of aryl methyl sites for hydroxylation is 1. The molecule has 0 saturated heterocycles. The fourth-order valence-corrected chi connectivity index (χ4v) is 1.44. The largest absolute Gasteiger partial charge is 0.468 e. The zero-order chi connectivity index (χ0) is 15.5. The SMILES string of the molecule is Cc1ccc(C(=O)Nc2ccc(OCC(F)(F)F)nc2)o1. The maximum atomic E-state index is 12.0. The summed E-state index contributed by atoms with van der Waals surface area (Å²) in [5.74, 6) is 0.0621. The number of nitrogens with one attached hydrogen (secondary N) is 1. The highest BCUT2D eigenvalue weighted by molar-refractivity contribution is 6.02. The van der Waals surface area contributed by atoms with Crippen LogP contribution >= 0.6 is 0 Å². The molecule has 0 bridgehead atoms. The molecule has 0 unspecified atom stereocenters. The molecular formula is C13H11F3N2O3. The fraction of sp³-hybridized carbons (Fsp3) is 0.231. The second kappa shape index (κ2) is 5.86. The van der Waals surface area contributed by atoms with Gasteiger partial charge in [-0.3, -0.25) is 4.79 Å². The first-order valence-corrected chi connectivity index (χ1v) is 5.87. The molecule has 1 amide bonds. The minimum Gasteiger partial charge on any atom is -0.468 e. The summed E-state index contributed by atoms with van der Waals surface area (Å²) in [6.07, 6.45) is -3.23. The molecule has 0 saturated carbocycles. The van der Waals surface area contributed by atoms with Crippen LogP contribution in [0.25, 0.3) is 0 Å². The van der Waals surface area contributed by atoms with Gasteiger partial charge in [0.15, 0.2) is 12.4 Å². The number of hydrogen-bond acceptors (Lipinski definition) is 4. The minimum atomic E-state index is -4.42. The Morgan fingerprint density at radius 1 is 1.33 bits per heavy atom. The summed E-state index contributed by atoms with van der Waals surface area (Å²) in [6, 6.07) is 5.77. The predicted octanol–water partition coefficient (Wildman–Crippen LogP) is 3.18. The van der Waals surface area contributed by atoms with Crippen LogP contribution in [0.3, 0.4) is 0 Å². The summed E-state index contributed by atoms with van der Waals surface area (Å²) in [5, 5.41) is 2.50. The van der Waals surface area contributed by atoms with E-state index < -0.39 is 18.7 Å². The lowest BCUT2D eigenvalue weighted by Crippen LogP contribution is -2.19. The van der Waals surface area contributed by atoms with Gasteiger partial charge in [-0.05, 0) is 25.1 Å². The van der Waals surface area contributed by atoms with Crippen molar-refractivity contribution in [1.82, 2.24) is 4.98 Å². The summed E-state index contributed by atoms with van der Waals surface area (Å²) in [4.78, 5) is 15.4. The van der Waals surface area contributed by atoms with Gasteiger partial charge in [0.1, 0.15) is 5.76 Å². The third-order valence-corrected chi connectivity index (χ3v) is 2.34. The predicted molar refractivity (Wildman–Crippen MR) is 67.2 cm³/mol. The van der Waals surface area contributed by atoms with Crippen LogP contribution in [-0.4, -0.2) is 23.7 Å². The molecule has 2 heterocycles. The third kappa shape index (κ3) is 4.51. The van der Waals surface area contributed by atoms with Crippen molar-refractivity contribution in [3.05, 3.63) is 42.0 Å². The molecule has 112 valence electrons. The second-order valence-electron chi connectivity index (χ2n) is 4.15. The van der Waals surface area contributed by atoms with Gasteiger partial charge in [0.2, 0.25) is 5.88 Å². The lowest BCUT2D eigenvalue weighted by molar-refractivity contribution is -0.154. The Kier molecular flexibility index (Phi) is 4.15. The lowest BCUT2D eigenvalue weighted by Gasteiger charge is -2.08. The van der Waals surface area contributed by atoms with Crippen molar-refractivity contribution in [3.63, 3.8) is 0 Å². The fourth-order valence-electron chi connectivity index (χ4n) is 1.44. The van der Waals surface area contributed by atoms with Crippen LogP contribution in [0.4, 0.5) is 18.9 Å². The highest BCUT2D eigenvalue weighted by Crippen LogP contribution is 2.18. The van der Waals surface area contributed by atoms with Crippen molar-refractivity contribution in [2.75, 3.05) is 11.9 Å². The van der Waals surface area contributed by atoms with E-state index in [1.807, 2.05) is 0 Å². The van der Waals surface area contributed by atoms with Crippen LogP contribution < -0.4 is 10.1 Å². The maximum Gasteiger partial charge on any atom is 0.422 e. The van der Waals surface area contributed by atoms with Gasteiger partial charge < -0.3 is 14.5 Å². The number of furan rings is 1. The molecule has 2 aromatic heterocycles. The number of carbonyl (C=O) groups is 1. The standard InChI is InChI=1S/C13H11F3N2O3/c1-8-2-4-10(21-8)12(19)18-9-3-5-11(17-6-9)20-7-13(14,15)16/h2-6H,7H2,1H3,(H,18,19). The molecule has 8 heteroatoms. The number of pyridine rings is 1. The number of halogens is 3. The molecule has 0 aromatic carbocycles. The minimum absolute atomic E-state index is 0.130. The first-order chi connectivity index (χ1) is 9.83. The van der Waals surface area contributed by atoms with E-state index in [0.717, 1.165) is 0 Å². The molecule has 5 nitrogen and oxygen atoms in total. The van der Waals surface area contributed by atoms with Crippen molar-refractivity contribution < 1.29 is 27.1 Å². The lowest BCUT2D eigenvalue weighted by atomic mass is 10.3. The Balaban J connectivity index is 1.94. The van der Waals surface area contributed by atoms with Crippen LogP contribution in [0.15, 0.2) is 34.9 Å². The molecule has 0 aliphatic rings. The van der Waals surface area contributed by atoms with Gasteiger partial charge >= 0.3 is 6.18 Å². The molecule has 0 fully saturated rings. The van der Waals surface area contributed by atoms with E-state index >= 15 is 0 Å². The molecule has 21 heavy (non-hydrogen) atoms. The molecule has 0 spiro atoms. The van der Waals surface area contributed by atoms with Crippen molar-refractivity contribution in [1.29, 1.82) is 0 Å². The number of rotatable bonds is 4. The van der Waals surface area contributed by atoms with Crippen molar-refractivity contribution >= 4 is 11.6 Å². The molecule has 0 aliphatic carbocycles. The van der Waals surface area contributed by atoms with E-state index in [0.29, 0.717) is 11.4 Å². The van der Waals surface area contributed by atoms with E-state index in [2.05, 4.69) is 15.0 Å². The van der Waals surface area contributed by atoms with Crippen LogP contribution in [0.5, 0.6) is 5.88 Å². The Hall–Kier alpha value is -2.51. The van der Waals surface area contributed by atoms with E-state index in [9.17, 15) is 18.0 Å². The normalized spacial score (nSPS) is 11.2. The summed E-state index contributed by atoms with van der Waals surface area (Å²) < 4.78 is 45.5. The van der Waals surface area contributed by atoms with E-state index in [-0.39, 0.29) is 11.6 Å². The quantitative estimate of drug-likeness (QED) is 0.942. The molecule has 0 radical (unpaired) electrons. The van der Waals surface area contributed by atoms with E-state index in [4.69, 9.17) is 4.42 Å². The van der Waals surface area contributed by atoms with Gasteiger partial charge in [-0.2, -0.15) is 13.2 Å². The van der Waals surface area contributed by atoms with Gasteiger partial charge in [0.25, 0.3) is 5.91 Å². The Morgan fingerprint density at radius 3 is 2.62 bits per heavy atom. The Bertz CT molecular complexity index is 620. The first-order valence-electron chi connectivity index (χ1n) is 5.87. The number of carbonyl (C=O) groups excluding carboxylic acids is 1. The number of aromatic nitrogens is 1. The van der Waals surface area contributed by atoms with Gasteiger partial charge in [-0.1, -0.05) is 0 Å². The first kappa shape index (κ1) is 14.9. The molecule has 1 N–H and O–H groups in total. The van der Waals surface area contributed by atoms with Gasteiger partial charge in [0, 0.05) is 6.07 Å². The van der Waals surface area contributed by atoms with Crippen LogP contribution in [0, 0.1) is 6.92 Å². The average molecular weight is 300 g/mol. The molecule has 0 aliphatic heterocycles.